The molecule has 1 N–H and O–H groups in total. The van der Waals surface area contributed by atoms with E-state index in [2.05, 4.69) is 4.98 Å². The molecule has 162 valence electrons. The van der Waals surface area contributed by atoms with Gasteiger partial charge >= 0.3 is 6.09 Å². The normalized spacial score (nSPS) is 19.8. The molecule has 2 amide bonds. The lowest BCUT2D eigenvalue weighted by Gasteiger charge is -2.39. The van der Waals surface area contributed by atoms with E-state index in [1.54, 1.807) is 58.8 Å². The molecule has 0 bridgehead atoms. The number of pyridine rings is 1. The van der Waals surface area contributed by atoms with Crippen molar-refractivity contribution in [3.05, 3.63) is 63.8 Å². The number of amides is 2. The average Bonchev–Trinajstić information content (AvgIpc) is 3.42. The van der Waals surface area contributed by atoms with E-state index in [1.807, 2.05) is 0 Å². The summed E-state index contributed by atoms with van der Waals surface area (Å²) in [5.74, 6) is -1.42. The van der Waals surface area contributed by atoms with E-state index < -0.39 is 17.7 Å². The largest absolute Gasteiger partial charge is 0.503 e. The van der Waals surface area contributed by atoms with E-state index >= 15 is 0 Å². The van der Waals surface area contributed by atoms with E-state index in [0.717, 1.165) is 0 Å². The van der Waals surface area contributed by atoms with Gasteiger partial charge in [-0.15, -0.1) is 11.3 Å². The summed E-state index contributed by atoms with van der Waals surface area (Å²) in [4.78, 5) is 46.1. The smallest absolute Gasteiger partial charge is 0.409 e. The first-order valence-electron chi connectivity index (χ1n) is 10.2. The molecule has 2 aliphatic rings. The highest BCUT2D eigenvalue weighted by molar-refractivity contribution is 7.12. The van der Waals surface area contributed by atoms with E-state index in [-0.39, 0.29) is 23.5 Å². The Balaban J connectivity index is 1.64. The van der Waals surface area contributed by atoms with Crippen LogP contribution < -0.4 is 0 Å². The standard InChI is InChI=1S/C22H23N3O5S/c1-2-30-22(29)24-11-7-15(8-12-24)25-18(14-5-9-23-10-6-14)17(20(27)21(25)28)19(26)16-4-3-13-31-16/h3-6,9-10,13,15,18,27H,2,7-8,11-12H2,1H3. The number of Topliss-reactive ketones (excluding diaryl/α,β-unsaturated/α-hetero) is 1. The fourth-order valence-electron chi connectivity index (χ4n) is 4.19. The molecule has 4 rings (SSSR count). The lowest BCUT2D eigenvalue weighted by molar-refractivity contribution is -0.132. The Morgan fingerprint density at radius 1 is 1.23 bits per heavy atom. The molecule has 1 atom stereocenters. The number of hydrogen-bond donors (Lipinski definition) is 1. The zero-order valence-electron chi connectivity index (χ0n) is 17.1. The Morgan fingerprint density at radius 2 is 1.94 bits per heavy atom. The summed E-state index contributed by atoms with van der Waals surface area (Å²) in [6.45, 7) is 2.93. The number of hydrogen-bond acceptors (Lipinski definition) is 7. The number of thiophene rings is 1. The quantitative estimate of drug-likeness (QED) is 0.715. The van der Waals surface area contributed by atoms with Crippen molar-refractivity contribution in [1.82, 2.24) is 14.8 Å². The molecule has 0 spiro atoms. The molecule has 8 nitrogen and oxygen atoms in total. The van der Waals surface area contributed by atoms with Gasteiger partial charge in [0, 0.05) is 31.5 Å². The minimum Gasteiger partial charge on any atom is -0.503 e. The molecule has 2 aromatic heterocycles. The van der Waals surface area contributed by atoms with E-state index in [1.165, 1.54) is 11.3 Å². The number of piperidine rings is 1. The van der Waals surface area contributed by atoms with Gasteiger partial charge in [0.05, 0.1) is 23.1 Å². The van der Waals surface area contributed by atoms with Gasteiger partial charge in [-0.1, -0.05) is 6.07 Å². The van der Waals surface area contributed by atoms with Crippen LogP contribution in [0.3, 0.4) is 0 Å². The predicted molar refractivity (Wildman–Crippen MR) is 114 cm³/mol. The number of carbonyl (C=O) groups excluding carboxylic acids is 3. The Bertz CT molecular complexity index is 997. The molecule has 1 unspecified atom stereocenters. The SMILES string of the molecule is CCOC(=O)N1CCC(N2C(=O)C(O)=C(C(=O)c3cccs3)C2c2ccncc2)CC1. The van der Waals surface area contributed by atoms with Gasteiger partial charge in [-0.25, -0.2) is 4.79 Å². The van der Waals surface area contributed by atoms with Crippen molar-refractivity contribution in [1.29, 1.82) is 0 Å². The van der Waals surface area contributed by atoms with Gasteiger partial charge in [0.25, 0.3) is 5.91 Å². The lowest BCUT2D eigenvalue weighted by atomic mass is 9.93. The molecular weight excluding hydrogens is 418 g/mol. The van der Waals surface area contributed by atoms with Crippen molar-refractivity contribution in [3.63, 3.8) is 0 Å². The van der Waals surface area contributed by atoms with Crippen molar-refractivity contribution >= 4 is 29.1 Å². The number of aliphatic hydroxyl groups excluding tert-OH is 1. The highest BCUT2D eigenvalue weighted by atomic mass is 32.1. The van der Waals surface area contributed by atoms with Crippen LogP contribution >= 0.6 is 11.3 Å². The molecule has 0 aliphatic carbocycles. The Hall–Kier alpha value is -3.20. The van der Waals surface area contributed by atoms with Gasteiger partial charge in [0.2, 0.25) is 5.78 Å². The number of ether oxygens (including phenoxy) is 1. The van der Waals surface area contributed by atoms with Gasteiger partial charge in [-0.2, -0.15) is 0 Å². The predicted octanol–water partition coefficient (Wildman–Crippen LogP) is 3.34. The minimum atomic E-state index is -0.704. The fourth-order valence-corrected chi connectivity index (χ4v) is 4.86. The summed E-state index contributed by atoms with van der Waals surface area (Å²) >= 11 is 1.27. The van der Waals surface area contributed by atoms with Crippen LogP contribution in [0.5, 0.6) is 0 Å². The van der Waals surface area contributed by atoms with Gasteiger partial charge in [-0.3, -0.25) is 14.6 Å². The molecule has 0 radical (unpaired) electrons. The van der Waals surface area contributed by atoms with Gasteiger partial charge < -0.3 is 19.6 Å². The molecule has 0 aromatic carbocycles. The van der Waals surface area contributed by atoms with E-state index in [4.69, 9.17) is 4.74 Å². The number of likely N-dealkylation sites (tertiary alicyclic amines) is 1. The van der Waals surface area contributed by atoms with E-state index in [9.17, 15) is 19.5 Å². The summed E-state index contributed by atoms with van der Waals surface area (Å²) in [5.41, 5.74) is 0.798. The van der Waals surface area contributed by atoms with Crippen molar-refractivity contribution in [3.8, 4) is 0 Å². The highest BCUT2D eigenvalue weighted by Gasteiger charge is 2.47. The molecule has 0 saturated carbocycles. The van der Waals surface area contributed by atoms with Crippen molar-refractivity contribution in [2.45, 2.75) is 31.8 Å². The van der Waals surface area contributed by atoms with Crippen LogP contribution in [0.1, 0.15) is 41.0 Å². The van der Waals surface area contributed by atoms with Crippen LogP contribution in [0.15, 0.2) is 53.4 Å². The van der Waals surface area contributed by atoms with Crippen LogP contribution in [-0.4, -0.2) is 63.4 Å². The summed E-state index contributed by atoms with van der Waals surface area (Å²) < 4.78 is 5.07. The third-order valence-corrected chi connectivity index (χ3v) is 6.51. The number of aliphatic hydroxyl groups is 1. The molecule has 1 saturated heterocycles. The number of nitrogens with zero attached hydrogens (tertiary/aromatic N) is 3. The van der Waals surface area contributed by atoms with Crippen LogP contribution in [0.4, 0.5) is 4.79 Å². The maximum atomic E-state index is 13.2. The average molecular weight is 442 g/mol. The third-order valence-electron chi connectivity index (χ3n) is 5.64. The summed E-state index contributed by atoms with van der Waals surface area (Å²) in [5, 5.41) is 12.5. The monoisotopic (exact) mass is 441 g/mol. The molecule has 4 heterocycles. The van der Waals surface area contributed by atoms with E-state index in [0.29, 0.717) is 43.0 Å². The molecule has 1 fully saturated rings. The Labute approximate surface area is 183 Å². The second-order valence-corrected chi connectivity index (χ2v) is 8.33. The molecule has 9 heteroatoms. The van der Waals surface area contributed by atoms with Crippen LogP contribution in [-0.2, 0) is 9.53 Å². The van der Waals surface area contributed by atoms with Crippen LogP contribution in [0, 0.1) is 0 Å². The minimum absolute atomic E-state index is 0.0893. The Kier molecular flexibility index (Phi) is 6.03. The van der Waals surface area contributed by atoms with Crippen LogP contribution in [0.2, 0.25) is 0 Å². The summed E-state index contributed by atoms with van der Waals surface area (Å²) in [6.07, 6.45) is 3.89. The van der Waals surface area contributed by atoms with Gasteiger partial charge in [0.15, 0.2) is 5.76 Å². The topological polar surface area (TPSA) is 100 Å². The van der Waals surface area contributed by atoms with Gasteiger partial charge in [0.1, 0.15) is 0 Å². The maximum Gasteiger partial charge on any atom is 0.409 e. The first-order valence-corrected chi connectivity index (χ1v) is 11.1. The summed E-state index contributed by atoms with van der Waals surface area (Å²) in [7, 11) is 0. The number of carbonyl (C=O) groups is 3. The van der Waals surface area contributed by atoms with Crippen molar-refractivity contribution in [2.24, 2.45) is 0 Å². The number of rotatable bonds is 5. The fraction of sp³-hybridized carbons (Fsp3) is 0.364. The second-order valence-electron chi connectivity index (χ2n) is 7.38. The zero-order valence-corrected chi connectivity index (χ0v) is 17.9. The second kappa shape index (κ2) is 8.89. The molecule has 31 heavy (non-hydrogen) atoms. The van der Waals surface area contributed by atoms with Crippen molar-refractivity contribution < 1.29 is 24.2 Å². The first-order chi connectivity index (χ1) is 15.0. The molecule has 2 aliphatic heterocycles. The maximum absolute atomic E-state index is 13.2. The summed E-state index contributed by atoms with van der Waals surface area (Å²) in [6, 6.07) is 6.01. The van der Waals surface area contributed by atoms with Crippen molar-refractivity contribution in [2.75, 3.05) is 19.7 Å². The molecular formula is C22H23N3O5S. The number of aromatic nitrogens is 1. The highest BCUT2D eigenvalue weighted by Crippen LogP contribution is 2.42. The lowest BCUT2D eigenvalue weighted by Crippen LogP contribution is -2.48. The number of ketones is 1. The van der Waals surface area contributed by atoms with Gasteiger partial charge in [-0.05, 0) is 48.9 Å². The Morgan fingerprint density at radius 3 is 2.55 bits per heavy atom. The first kappa shape index (κ1) is 21.0. The zero-order chi connectivity index (χ0) is 22.0. The van der Waals surface area contributed by atoms with Crippen LogP contribution in [0.25, 0.3) is 0 Å². The third kappa shape index (κ3) is 3.93. The molecule has 2 aromatic rings.